The Morgan fingerprint density at radius 1 is 1.12 bits per heavy atom. The third kappa shape index (κ3) is 3.57. The van der Waals surface area contributed by atoms with Gasteiger partial charge in [0.1, 0.15) is 0 Å². The number of nitrogens with one attached hydrogen (secondary N) is 1. The summed E-state index contributed by atoms with van der Waals surface area (Å²) < 4.78 is 0. The molecule has 0 spiro atoms. The Morgan fingerprint density at radius 2 is 1.82 bits per heavy atom. The fraction of sp³-hybridized carbons (Fsp3) is 0.533. The zero-order chi connectivity index (χ0) is 11.9. The molecule has 17 heavy (non-hydrogen) atoms. The van der Waals surface area contributed by atoms with E-state index in [9.17, 15) is 0 Å². The average molecular weight is 228 g/mol. The minimum absolute atomic E-state index is 0.516. The quantitative estimate of drug-likeness (QED) is 0.859. The molecule has 1 N–H and O–H groups in total. The van der Waals surface area contributed by atoms with Crippen LogP contribution in [0.1, 0.15) is 43.2 Å². The van der Waals surface area contributed by atoms with E-state index in [0.717, 1.165) is 6.54 Å². The molecule has 1 fully saturated rings. The molecule has 0 bridgehead atoms. The molecule has 0 aromatic heterocycles. The van der Waals surface area contributed by atoms with Gasteiger partial charge in [0.2, 0.25) is 0 Å². The van der Waals surface area contributed by atoms with Crippen molar-refractivity contribution < 1.29 is 0 Å². The van der Waals surface area contributed by atoms with Crippen LogP contribution in [0.4, 0.5) is 0 Å². The Bertz CT molecular complexity index is 386. The maximum Gasteiger partial charge on any atom is 0.0669 e. The summed E-state index contributed by atoms with van der Waals surface area (Å²) in [5.74, 6) is 0. The fourth-order valence-electron chi connectivity index (χ4n) is 2.55. The summed E-state index contributed by atoms with van der Waals surface area (Å²) in [6.07, 6.45) is 7.24. The molecule has 0 heterocycles. The van der Waals surface area contributed by atoms with Gasteiger partial charge in [-0.05, 0) is 24.0 Å². The first-order valence-corrected chi connectivity index (χ1v) is 6.57. The Balaban J connectivity index is 1.91. The van der Waals surface area contributed by atoms with Gasteiger partial charge in [0.05, 0.1) is 12.5 Å². The van der Waals surface area contributed by atoms with E-state index in [1.807, 2.05) is 6.07 Å². The highest BCUT2D eigenvalue weighted by Gasteiger charge is 2.12. The zero-order valence-corrected chi connectivity index (χ0v) is 10.3. The van der Waals surface area contributed by atoms with Crippen molar-refractivity contribution in [3.05, 3.63) is 35.4 Å². The lowest BCUT2D eigenvalue weighted by atomic mass is 9.95. The molecule has 1 aromatic carbocycles. The summed E-state index contributed by atoms with van der Waals surface area (Å²) in [6, 6.07) is 11.2. The van der Waals surface area contributed by atoms with Gasteiger partial charge in [0, 0.05) is 12.6 Å². The summed E-state index contributed by atoms with van der Waals surface area (Å²) in [6.45, 7) is 0.905. The number of benzene rings is 1. The Kier molecular flexibility index (Phi) is 4.58. The Labute approximate surface area is 104 Å². The van der Waals surface area contributed by atoms with E-state index in [-0.39, 0.29) is 0 Å². The van der Waals surface area contributed by atoms with Gasteiger partial charge in [-0.1, -0.05) is 43.5 Å². The molecule has 1 aliphatic carbocycles. The fourth-order valence-corrected chi connectivity index (χ4v) is 2.55. The second kappa shape index (κ2) is 6.42. The molecule has 0 aliphatic heterocycles. The van der Waals surface area contributed by atoms with Gasteiger partial charge in [-0.2, -0.15) is 5.26 Å². The van der Waals surface area contributed by atoms with Gasteiger partial charge < -0.3 is 5.32 Å². The van der Waals surface area contributed by atoms with Crippen molar-refractivity contribution in [1.29, 1.82) is 5.26 Å². The second-order valence-electron chi connectivity index (χ2n) is 4.82. The van der Waals surface area contributed by atoms with E-state index >= 15 is 0 Å². The first kappa shape index (κ1) is 12.1. The summed E-state index contributed by atoms with van der Waals surface area (Å²) in [5, 5.41) is 12.4. The van der Waals surface area contributed by atoms with Crippen LogP contribution in [0.25, 0.3) is 0 Å². The molecule has 1 aliphatic rings. The predicted octanol–water partition coefficient (Wildman–Crippen LogP) is 3.17. The molecule has 1 saturated carbocycles. The number of rotatable bonds is 4. The van der Waals surface area contributed by atoms with Gasteiger partial charge in [-0.25, -0.2) is 0 Å². The van der Waals surface area contributed by atoms with E-state index in [2.05, 4.69) is 29.6 Å². The summed E-state index contributed by atoms with van der Waals surface area (Å²) >= 11 is 0. The third-order valence-corrected chi connectivity index (χ3v) is 3.57. The van der Waals surface area contributed by atoms with Gasteiger partial charge in [-0.15, -0.1) is 0 Å². The average Bonchev–Trinajstić information content (AvgIpc) is 2.39. The van der Waals surface area contributed by atoms with E-state index in [1.54, 1.807) is 0 Å². The molecular formula is C15H20N2. The lowest BCUT2D eigenvalue weighted by molar-refractivity contribution is 0.372. The molecule has 2 heteroatoms. The molecule has 2 rings (SSSR count). The highest BCUT2D eigenvalue weighted by atomic mass is 14.9. The molecule has 0 amide bonds. The first-order valence-electron chi connectivity index (χ1n) is 6.57. The zero-order valence-electron chi connectivity index (χ0n) is 10.3. The smallest absolute Gasteiger partial charge is 0.0669 e. The van der Waals surface area contributed by atoms with Crippen molar-refractivity contribution in [2.75, 3.05) is 0 Å². The van der Waals surface area contributed by atoms with Crippen LogP contribution in [0.15, 0.2) is 24.3 Å². The van der Waals surface area contributed by atoms with Crippen LogP contribution >= 0.6 is 0 Å². The standard InChI is InChI=1S/C15H20N2/c16-11-10-13-6-4-5-7-14(13)12-17-15-8-2-1-3-9-15/h4-7,15,17H,1-3,8-10,12H2. The topological polar surface area (TPSA) is 35.8 Å². The van der Waals surface area contributed by atoms with Gasteiger partial charge in [0.25, 0.3) is 0 Å². The van der Waals surface area contributed by atoms with Crippen molar-refractivity contribution in [2.24, 2.45) is 0 Å². The molecule has 2 nitrogen and oxygen atoms in total. The van der Waals surface area contributed by atoms with E-state index in [1.165, 1.54) is 43.2 Å². The second-order valence-corrected chi connectivity index (χ2v) is 4.82. The maximum atomic E-state index is 8.79. The van der Waals surface area contributed by atoms with Crippen LogP contribution in [0.3, 0.4) is 0 Å². The van der Waals surface area contributed by atoms with Crippen LogP contribution in [-0.2, 0) is 13.0 Å². The normalized spacial score (nSPS) is 16.6. The van der Waals surface area contributed by atoms with Crippen LogP contribution in [0, 0.1) is 11.3 Å². The molecule has 90 valence electrons. The van der Waals surface area contributed by atoms with Gasteiger partial charge in [0.15, 0.2) is 0 Å². The highest BCUT2D eigenvalue weighted by molar-refractivity contribution is 5.29. The molecule has 0 unspecified atom stereocenters. The van der Waals surface area contributed by atoms with Crippen molar-refractivity contribution in [3.63, 3.8) is 0 Å². The minimum atomic E-state index is 0.516. The molecule has 0 saturated heterocycles. The number of hydrogen-bond donors (Lipinski definition) is 1. The molecule has 0 radical (unpaired) electrons. The van der Waals surface area contributed by atoms with Crippen LogP contribution < -0.4 is 5.32 Å². The number of nitriles is 1. The molecule has 1 aromatic rings. The number of hydrogen-bond acceptors (Lipinski definition) is 2. The molecular weight excluding hydrogens is 208 g/mol. The van der Waals surface area contributed by atoms with Gasteiger partial charge >= 0.3 is 0 Å². The monoisotopic (exact) mass is 228 g/mol. The van der Waals surface area contributed by atoms with E-state index < -0.39 is 0 Å². The summed E-state index contributed by atoms with van der Waals surface area (Å²) in [4.78, 5) is 0. The maximum absolute atomic E-state index is 8.79. The van der Waals surface area contributed by atoms with Crippen molar-refractivity contribution in [3.8, 4) is 6.07 Å². The van der Waals surface area contributed by atoms with Crippen molar-refractivity contribution >= 4 is 0 Å². The highest BCUT2D eigenvalue weighted by Crippen LogP contribution is 2.18. The first-order chi connectivity index (χ1) is 8.40. The van der Waals surface area contributed by atoms with Crippen LogP contribution in [-0.4, -0.2) is 6.04 Å². The summed E-state index contributed by atoms with van der Waals surface area (Å²) in [5.41, 5.74) is 2.44. The largest absolute Gasteiger partial charge is 0.310 e. The summed E-state index contributed by atoms with van der Waals surface area (Å²) in [7, 11) is 0. The van der Waals surface area contributed by atoms with Crippen molar-refractivity contribution in [1.82, 2.24) is 5.32 Å². The minimum Gasteiger partial charge on any atom is -0.310 e. The van der Waals surface area contributed by atoms with Crippen LogP contribution in [0.5, 0.6) is 0 Å². The van der Waals surface area contributed by atoms with E-state index in [4.69, 9.17) is 5.26 Å². The SMILES string of the molecule is N#CCc1ccccc1CNC1CCCCC1. The molecule has 0 atom stereocenters. The van der Waals surface area contributed by atoms with Gasteiger partial charge in [-0.3, -0.25) is 0 Å². The predicted molar refractivity (Wildman–Crippen MR) is 69.5 cm³/mol. The van der Waals surface area contributed by atoms with E-state index in [0.29, 0.717) is 12.5 Å². The Morgan fingerprint density at radius 3 is 2.53 bits per heavy atom. The number of nitrogens with zero attached hydrogens (tertiary/aromatic N) is 1. The lowest BCUT2D eigenvalue weighted by Crippen LogP contribution is -2.30. The van der Waals surface area contributed by atoms with Crippen LogP contribution in [0.2, 0.25) is 0 Å². The third-order valence-electron chi connectivity index (χ3n) is 3.57. The van der Waals surface area contributed by atoms with Crippen molar-refractivity contribution in [2.45, 2.75) is 51.1 Å². The Hall–Kier alpha value is -1.33. The lowest BCUT2D eigenvalue weighted by Gasteiger charge is -2.23.